The minimum atomic E-state index is -1.06. The van der Waals surface area contributed by atoms with Crippen molar-refractivity contribution in [2.75, 3.05) is 52.4 Å². The summed E-state index contributed by atoms with van der Waals surface area (Å²) in [5.41, 5.74) is 0.698. The van der Waals surface area contributed by atoms with Crippen molar-refractivity contribution in [3.05, 3.63) is 69.3 Å². The number of non-ortho nitro benzene ring substituents is 1. The number of hydrogen-bond donors (Lipinski definition) is 2. The first kappa shape index (κ1) is 99.9. The van der Waals surface area contributed by atoms with E-state index in [0.29, 0.717) is 57.2 Å². The van der Waals surface area contributed by atoms with E-state index in [1.807, 2.05) is 0 Å². The van der Waals surface area contributed by atoms with Crippen LogP contribution in [0.5, 0.6) is 5.75 Å². The zero-order valence-electron chi connectivity index (χ0n) is 70.5. The fraction of sp³-hybridized carbons (Fsp3) is 0.789. The number of unbranched alkanes of at least 4 members (excludes halogenated alkanes) is 28. The summed E-state index contributed by atoms with van der Waals surface area (Å²) < 4.78 is 34.0. The Morgan fingerprint density at radius 3 is 0.927 bits per heavy atom. The first-order chi connectivity index (χ1) is 53.5. The molecule has 0 radical (unpaired) electrons. The van der Waals surface area contributed by atoms with Gasteiger partial charge < -0.3 is 48.9 Å². The fourth-order valence-electron chi connectivity index (χ4n) is 13.9. The Hall–Kier alpha value is -6.15. The molecule has 2 aromatic carbocycles. The maximum absolute atomic E-state index is 14.2. The van der Waals surface area contributed by atoms with E-state index in [4.69, 9.17) is 28.4 Å². The van der Waals surface area contributed by atoms with Crippen molar-refractivity contribution in [2.45, 2.75) is 407 Å². The minimum absolute atomic E-state index is 0.0202. The van der Waals surface area contributed by atoms with Crippen LogP contribution < -0.4 is 15.4 Å². The SMILES string of the molecule is CCCCCC(CC)OC(=O)CCCCCCCCN(CCCCCCCCC(=O)OC(CC)CCCCC)CCCNC(=O)c1cc(COC(=O)Oc2ccc([N+](=O)[O-])cc2)cc(C(=O)NCCCN(CCCCCCCCC(=O)OC(CC)CCCCC)CCCCCCCCC(=O)OC(CC)CCCCC)c1. The van der Waals surface area contributed by atoms with Crippen molar-refractivity contribution in [1.82, 2.24) is 20.4 Å². The number of esters is 4. The van der Waals surface area contributed by atoms with Crippen molar-refractivity contribution in [2.24, 2.45) is 0 Å². The average molecular weight is 1550 g/mol. The molecule has 0 spiro atoms. The Labute approximate surface area is 666 Å². The molecular weight excluding hydrogens is 1390 g/mol. The predicted octanol–water partition coefficient (Wildman–Crippen LogP) is 22.7. The number of amides is 2. The monoisotopic (exact) mass is 1550 g/mol. The predicted molar refractivity (Wildman–Crippen MR) is 444 cm³/mol. The number of carbonyl (C=O) groups is 7. The summed E-state index contributed by atoms with van der Waals surface area (Å²) in [6.45, 7) is 22.9. The normalized spacial score (nSPS) is 12.5. The third-order valence-corrected chi connectivity index (χ3v) is 20.9. The Morgan fingerprint density at radius 2 is 0.645 bits per heavy atom. The third kappa shape index (κ3) is 53.7. The van der Waals surface area contributed by atoms with Gasteiger partial charge in [-0.15, -0.1) is 0 Å². The number of hydrogen-bond acceptors (Lipinski definition) is 17. The molecule has 0 bridgehead atoms. The molecule has 0 aliphatic carbocycles. The lowest BCUT2D eigenvalue weighted by molar-refractivity contribution is -0.384. The molecule has 4 unspecified atom stereocenters. The minimum Gasteiger partial charge on any atom is -0.462 e. The van der Waals surface area contributed by atoms with Crippen LogP contribution in [0, 0.1) is 10.1 Å². The van der Waals surface area contributed by atoms with Gasteiger partial charge in [-0.2, -0.15) is 0 Å². The maximum Gasteiger partial charge on any atom is 0.514 e. The number of ether oxygens (including phenoxy) is 6. The summed E-state index contributed by atoms with van der Waals surface area (Å²) in [5, 5.41) is 17.4. The highest BCUT2D eigenvalue weighted by atomic mass is 16.7. The quantitative estimate of drug-likeness (QED) is 0.0156. The highest BCUT2D eigenvalue weighted by Gasteiger charge is 2.20. The van der Waals surface area contributed by atoms with Crippen molar-refractivity contribution >= 4 is 47.5 Å². The zero-order valence-corrected chi connectivity index (χ0v) is 70.5. The van der Waals surface area contributed by atoms with Gasteiger partial charge in [-0.25, -0.2) is 4.79 Å². The van der Waals surface area contributed by atoms with Crippen LogP contribution in [-0.4, -0.2) is 133 Å². The Bertz CT molecular complexity index is 2460. The lowest BCUT2D eigenvalue weighted by atomic mass is 10.0. The third-order valence-electron chi connectivity index (χ3n) is 20.9. The lowest BCUT2D eigenvalue weighted by Crippen LogP contribution is -2.32. The molecule has 0 fully saturated rings. The summed E-state index contributed by atoms with van der Waals surface area (Å²) >= 11 is 0. The van der Waals surface area contributed by atoms with Gasteiger partial charge in [0, 0.05) is 62.0 Å². The molecule has 0 heterocycles. The van der Waals surface area contributed by atoms with Gasteiger partial charge in [0.15, 0.2) is 0 Å². The molecule has 0 aliphatic heterocycles. The molecule has 2 amide bonds. The second-order valence-electron chi connectivity index (χ2n) is 30.8. The van der Waals surface area contributed by atoms with E-state index in [-0.39, 0.29) is 89.3 Å². The van der Waals surface area contributed by atoms with Crippen LogP contribution in [0.15, 0.2) is 42.5 Å². The van der Waals surface area contributed by atoms with Crippen LogP contribution in [0.1, 0.15) is 403 Å². The number of benzene rings is 2. The standard InChI is InChI=1S/C90H155N5O15/c1-9-17-37-51-79(13-5)106-84(96)55-41-29-21-25-33-45-65-93(66-46-34-26-22-30-42-56-85(97)107-80(14-6)52-38-18-10-2)69-49-63-91-88(100)76-71-75(74-105-90(102)110-83-61-59-78(60-62-83)95(103)104)72-77(73-76)89(101)92-64-50-70-94(67-47-35-27-23-31-43-57-86(98)108-81(15-7)53-39-19-11-3)68-48-36-28-24-32-44-58-87(99)109-82(16-8)54-40-20-12-4/h59-62,71-73,79-82H,9-58,63-70,74H2,1-8H3,(H,91,100)(H,92,101). The smallest absolute Gasteiger partial charge is 0.462 e. The molecule has 0 aliphatic rings. The van der Waals surface area contributed by atoms with Gasteiger partial charge in [-0.1, -0.05) is 209 Å². The number of nitro benzene ring substituents is 1. The van der Waals surface area contributed by atoms with Gasteiger partial charge in [0.05, 0.1) is 4.92 Å². The zero-order chi connectivity index (χ0) is 80.3. The van der Waals surface area contributed by atoms with E-state index in [1.165, 1.54) is 24.3 Å². The number of nitrogens with one attached hydrogen (secondary N) is 2. The molecule has 20 nitrogen and oxygen atoms in total. The first-order valence-corrected chi connectivity index (χ1v) is 44.5. The molecule has 110 heavy (non-hydrogen) atoms. The second-order valence-corrected chi connectivity index (χ2v) is 30.8. The van der Waals surface area contributed by atoms with Crippen molar-refractivity contribution in [1.29, 1.82) is 0 Å². The van der Waals surface area contributed by atoms with Gasteiger partial charge in [0.1, 0.15) is 36.8 Å². The summed E-state index contributed by atoms with van der Waals surface area (Å²) in [5.74, 6) is -1.00. The number of nitrogens with zero attached hydrogens (tertiary/aromatic N) is 3. The van der Waals surface area contributed by atoms with Crippen molar-refractivity contribution in [3.8, 4) is 5.75 Å². The molecule has 0 aromatic heterocycles. The Morgan fingerprint density at radius 1 is 0.364 bits per heavy atom. The lowest BCUT2D eigenvalue weighted by Gasteiger charge is -2.22. The molecular formula is C90H155N5O15. The van der Waals surface area contributed by atoms with Crippen LogP contribution in [0.4, 0.5) is 10.5 Å². The molecule has 2 rings (SSSR count). The summed E-state index contributed by atoms with van der Waals surface area (Å²) in [6, 6.07) is 9.81. The molecule has 4 atom stereocenters. The highest BCUT2D eigenvalue weighted by molar-refractivity contribution is 6.00. The van der Waals surface area contributed by atoms with E-state index < -0.39 is 11.1 Å². The van der Waals surface area contributed by atoms with Gasteiger partial charge in [0.25, 0.3) is 17.5 Å². The van der Waals surface area contributed by atoms with Crippen LogP contribution in [0.2, 0.25) is 0 Å². The van der Waals surface area contributed by atoms with Gasteiger partial charge in [-0.3, -0.25) is 38.9 Å². The molecule has 0 saturated carbocycles. The molecule has 630 valence electrons. The molecule has 2 aromatic rings. The first-order valence-electron chi connectivity index (χ1n) is 44.5. The van der Waals surface area contributed by atoms with E-state index in [9.17, 15) is 43.7 Å². The van der Waals surface area contributed by atoms with Crippen molar-refractivity contribution < 1.29 is 66.9 Å². The van der Waals surface area contributed by atoms with E-state index >= 15 is 0 Å². The largest absolute Gasteiger partial charge is 0.514 e. The van der Waals surface area contributed by atoms with Gasteiger partial charge >= 0.3 is 30.0 Å². The van der Waals surface area contributed by atoms with Gasteiger partial charge in [-0.05, 0) is 216 Å². The van der Waals surface area contributed by atoms with E-state index in [1.54, 1.807) is 18.2 Å². The summed E-state index contributed by atoms with van der Waals surface area (Å²) in [7, 11) is 0. The molecule has 20 heteroatoms. The average Bonchev–Trinajstić information content (AvgIpc) is 0.836. The molecule has 0 saturated heterocycles. The van der Waals surface area contributed by atoms with Crippen LogP contribution in [-0.2, 0) is 49.5 Å². The van der Waals surface area contributed by atoms with Crippen LogP contribution >= 0.6 is 0 Å². The fourth-order valence-corrected chi connectivity index (χ4v) is 13.9. The number of rotatable bonds is 74. The van der Waals surface area contributed by atoms with Gasteiger partial charge in [0.2, 0.25) is 0 Å². The van der Waals surface area contributed by atoms with Crippen LogP contribution in [0.25, 0.3) is 0 Å². The maximum atomic E-state index is 14.2. The van der Waals surface area contributed by atoms with E-state index in [2.05, 4.69) is 75.8 Å². The highest BCUT2D eigenvalue weighted by Crippen LogP contribution is 2.23. The number of nitro groups is 1. The Balaban J connectivity index is 2.16. The molecule has 2 N–H and O–H groups in total. The van der Waals surface area contributed by atoms with Crippen molar-refractivity contribution in [3.63, 3.8) is 0 Å². The Kier molecular flexibility index (Phi) is 62.2. The summed E-state index contributed by atoms with van der Waals surface area (Å²) in [4.78, 5) is 107. The summed E-state index contributed by atoms with van der Waals surface area (Å²) in [6.07, 6.45) is 47.6. The number of carbonyl (C=O) groups excluding carboxylic acids is 7. The second kappa shape index (κ2) is 68.4. The van der Waals surface area contributed by atoms with E-state index in [0.717, 1.165) is 322 Å². The topological polar surface area (TPSA) is 249 Å². The van der Waals surface area contributed by atoms with Crippen LogP contribution in [0.3, 0.4) is 0 Å².